The minimum atomic E-state index is 0.0822. The van der Waals surface area contributed by atoms with Gasteiger partial charge in [-0.25, -0.2) is 4.98 Å². The summed E-state index contributed by atoms with van der Waals surface area (Å²) in [6.07, 6.45) is 13.6. The zero-order valence-electron chi connectivity index (χ0n) is 16.2. The van der Waals surface area contributed by atoms with Gasteiger partial charge in [0.1, 0.15) is 4.60 Å². The Labute approximate surface area is 174 Å². The Kier molecular flexibility index (Phi) is 4.99. The number of amides is 1. The average Bonchev–Trinajstić information content (AvgIpc) is 2.98. The van der Waals surface area contributed by atoms with Crippen molar-refractivity contribution >= 4 is 38.4 Å². The molecule has 1 saturated carbocycles. The van der Waals surface area contributed by atoms with Crippen molar-refractivity contribution < 1.29 is 4.79 Å². The molecule has 3 aliphatic rings. The number of nitrogens with zero attached hydrogens (tertiary/aromatic N) is 3. The van der Waals surface area contributed by atoms with E-state index in [9.17, 15) is 4.79 Å². The molecule has 6 heteroatoms. The van der Waals surface area contributed by atoms with Crippen LogP contribution in [0.15, 0.2) is 22.9 Å². The fraction of sp³-hybridized carbons (Fsp3) is 0.591. The first-order valence-corrected chi connectivity index (χ1v) is 11.5. The zero-order valence-corrected chi connectivity index (χ0v) is 17.7. The maximum atomic E-state index is 13.7. The fourth-order valence-corrected chi connectivity index (χ4v) is 5.91. The highest BCUT2D eigenvalue weighted by atomic mass is 79.9. The number of hydrogen-bond acceptors (Lipinski definition) is 4. The van der Waals surface area contributed by atoms with Crippen molar-refractivity contribution in [3.8, 4) is 0 Å². The highest BCUT2D eigenvalue weighted by molar-refractivity contribution is 9.10. The maximum absolute atomic E-state index is 13.7. The Morgan fingerprint density at radius 3 is 2.54 bits per heavy atom. The van der Waals surface area contributed by atoms with Gasteiger partial charge < -0.3 is 10.2 Å². The summed E-state index contributed by atoms with van der Waals surface area (Å²) in [6.45, 7) is 0. The van der Waals surface area contributed by atoms with E-state index in [-0.39, 0.29) is 5.91 Å². The quantitative estimate of drug-likeness (QED) is 0.655. The summed E-state index contributed by atoms with van der Waals surface area (Å²) >= 11 is 3.60. The smallest absolute Gasteiger partial charge is 0.275 e. The Balaban J connectivity index is 1.58. The third-order valence-corrected chi connectivity index (χ3v) is 7.40. The van der Waals surface area contributed by atoms with Crippen molar-refractivity contribution in [1.29, 1.82) is 0 Å². The molecule has 1 N–H and O–H groups in total. The van der Waals surface area contributed by atoms with Gasteiger partial charge in [0, 0.05) is 29.7 Å². The molecule has 2 aromatic heterocycles. The molecule has 2 bridgehead atoms. The predicted octanol–water partition coefficient (Wildman–Crippen LogP) is 5.29. The summed E-state index contributed by atoms with van der Waals surface area (Å²) in [5.74, 6) is 0.0822. The molecule has 0 spiro atoms. The summed E-state index contributed by atoms with van der Waals surface area (Å²) in [7, 11) is 0. The first-order valence-electron chi connectivity index (χ1n) is 10.8. The molecular formula is C22H27BrN4O. The van der Waals surface area contributed by atoms with Gasteiger partial charge in [-0.2, -0.15) is 0 Å². The molecule has 2 atom stereocenters. The second-order valence-electron chi connectivity index (χ2n) is 8.53. The number of nitrogens with one attached hydrogen (secondary N) is 1. The van der Waals surface area contributed by atoms with Gasteiger partial charge in [0.2, 0.25) is 0 Å². The molecule has 1 unspecified atom stereocenters. The van der Waals surface area contributed by atoms with E-state index in [1.165, 1.54) is 25.7 Å². The Morgan fingerprint density at radius 1 is 1.04 bits per heavy atom. The molecule has 2 saturated heterocycles. The molecule has 28 heavy (non-hydrogen) atoms. The predicted molar refractivity (Wildman–Crippen MR) is 115 cm³/mol. The summed E-state index contributed by atoms with van der Waals surface area (Å²) in [5, 5.41) is 4.65. The molecule has 5 rings (SSSR count). The molecule has 2 aliphatic heterocycles. The van der Waals surface area contributed by atoms with Gasteiger partial charge in [0.15, 0.2) is 5.69 Å². The highest BCUT2D eigenvalue weighted by Crippen LogP contribution is 2.39. The standard InChI is InChI=1S/C22H27BrN4O/c23-21-17-10-5-13-24-18(17)19(25-14-6-2-1-3-7-14)20(26-21)22(28)27-15-8-4-9-16(27)12-11-15/h5,10,13-16,25H,1-4,6-9,11-12H2/t15-,16?/m1/s1. The van der Waals surface area contributed by atoms with Gasteiger partial charge in [-0.3, -0.25) is 9.78 Å². The van der Waals surface area contributed by atoms with E-state index < -0.39 is 0 Å². The number of rotatable bonds is 3. The van der Waals surface area contributed by atoms with Crippen molar-refractivity contribution in [3.05, 3.63) is 28.6 Å². The minimum Gasteiger partial charge on any atom is -0.379 e. The van der Waals surface area contributed by atoms with Crippen LogP contribution in [0.5, 0.6) is 0 Å². The third kappa shape index (κ3) is 3.19. The number of pyridine rings is 2. The Bertz CT molecular complexity index is 879. The van der Waals surface area contributed by atoms with Crippen LogP contribution in [-0.4, -0.2) is 38.9 Å². The Morgan fingerprint density at radius 2 is 1.79 bits per heavy atom. The van der Waals surface area contributed by atoms with Crippen LogP contribution in [0.1, 0.15) is 74.7 Å². The molecule has 2 aromatic rings. The first-order chi connectivity index (χ1) is 13.7. The number of halogens is 1. The van der Waals surface area contributed by atoms with Crippen LogP contribution in [0.4, 0.5) is 5.69 Å². The fourth-order valence-electron chi connectivity index (χ4n) is 5.41. The lowest BCUT2D eigenvalue weighted by molar-refractivity contribution is 0.0590. The van der Waals surface area contributed by atoms with Gasteiger partial charge >= 0.3 is 0 Å². The maximum Gasteiger partial charge on any atom is 0.275 e. The van der Waals surface area contributed by atoms with E-state index in [2.05, 4.69) is 31.1 Å². The number of hydrogen-bond donors (Lipinski definition) is 1. The first kappa shape index (κ1) is 18.3. The molecule has 1 aliphatic carbocycles. The van der Waals surface area contributed by atoms with E-state index in [1.807, 2.05) is 12.1 Å². The minimum absolute atomic E-state index is 0.0822. The molecule has 1 amide bonds. The average molecular weight is 443 g/mol. The number of carbonyl (C=O) groups is 1. The summed E-state index contributed by atoms with van der Waals surface area (Å²) in [6, 6.07) is 5.10. The van der Waals surface area contributed by atoms with Gasteiger partial charge in [-0.05, 0) is 73.0 Å². The molecule has 0 aromatic carbocycles. The van der Waals surface area contributed by atoms with Crippen LogP contribution in [0.2, 0.25) is 0 Å². The van der Waals surface area contributed by atoms with Crippen LogP contribution < -0.4 is 5.32 Å². The van der Waals surface area contributed by atoms with Crippen molar-refractivity contribution in [2.45, 2.75) is 82.3 Å². The number of fused-ring (bicyclic) bond motifs is 3. The van der Waals surface area contributed by atoms with Crippen LogP contribution in [0, 0.1) is 0 Å². The summed E-state index contributed by atoms with van der Waals surface area (Å²) < 4.78 is 0.706. The van der Waals surface area contributed by atoms with Crippen LogP contribution in [0.3, 0.4) is 0 Å². The van der Waals surface area contributed by atoms with Crippen molar-refractivity contribution in [3.63, 3.8) is 0 Å². The number of aromatic nitrogens is 2. The molecule has 5 nitrogen and oxygen atoms in total. The number of anilines is 1. The SMILES string of the molecule is O=C(c1nc(Br)c2cccnc2c1NC1CCCCC1)N1C2CCC[C@@H]1CC2. The zero-order chi connectivity index (χ0) is 19.1. The number of carbonyl (C=O) groups excluding carboxylic acids is 1. The van der Waals surface area contributed by atoms with Gasteiger partial charge in [0.05, 0.1) is 11.2 Å². The molecule has 148 valence electrons. The van der Waals surface area contributed by atoms with Gasteiger partial charge in [0.25, 0.3) is 5.91 Å². The molecule has 0 radical (unpaired) electrons. The van der Waals surface area contributed by atoms with Gasteiger partial charge in [-0.15, -0.1) is 0 Å². The van der Waals surface area contributed by atoms with E-state index in [0.717, 1.165) is 55.1 Å². The second-order valence-corrected chi connectivity index (χ2v) is 9.28. The van der Waals surface area contributed by atoms with E-state index >= 15 is 0 Å². The molecule has 4 heterocycles. The van der Waals surface area contributed by atoms with E-state index in [0.29, 0.717) is 28.4 Å². The largest absolute Gasteiger partial charge is 0.379 e. The third-order valence-electron chi connectivity index (χ3n) is 6.80. The van der Waals surface area contributed by atoms with Crippen molar-refractivity contribution in [2.24, 2.45) is 0 Å². The number of piperidine rings is 1. The summed E-state index contributed by atoms with van der Waals surface area (Å²) in [4.78, 5) is 25.2. The lowest BCUT2D eigenvalue weighted by Crippen LogP contribution is -2.44. The second kappa shape index (κ2) is 7.62. The van der Waals surface area contributed by atoms with E-state index in [1.54, 1.807) is 6.20 Å². The van der Waals surface area contributed by atoms with Crippen molar-refractivity contribution in [1.82, 2.24) is 14.9 Å². The lowest BCUT2D eigenvalue weighted by Gasteiger charge is -2.35. The van der Waals surface area contributed by atoms with Crippen LogP contribution in [0.25, 0.3) is 10.9 Å². The normalized spacial score (nSPS) is 25.2. The molecular weight excluding hydrogens is 416 g/mol. The van der Waals surface area contributed by atoms with E-state index in [4.69, 9.17) is 4.98 Å². The topological polar surface area (TPSA) is 58.1 Å². The van der Waals surface area contributed by atoms with Crippen molar-refractivity contribution in [2.75, 3.05) is 5.32 Å². The van der Waals surface area contributed by atoms with Crippen LogP contribution >= 0.6 is 15.9 Å². The van der Waals surface area contributed by atoms with Crippen LogP contribution in [-0.2, 0) is 0 Å². The molecule has 3 fully saturated rings. The Hall–Kier alpha value is -1.69. The summed E-state index contributed by atoms with van der Waals surface area (Å²) in [5.41, 5.74) is 2.23. The highest BCUT2D eigenvalue weighted by Gasteiger charge is 2.41. The van der Waals surface area contributed by atoms with Gasteiger partial charge in [-0.1, -0.05) is 19.3 Å². The lowest BCUT2D eigenvalue weighted by atomic mass is 9.95. The monoisotopic (exact) mass is 442 g/mol.